The third kappa shape index (κ3) is 2.78. The Kier molecular flexibility index (Phi) is 3.99. The highest BCUT2D eigenvalue weighted by Gasteiger charge is 2.22. The summed E-state index contributed by atoms with van der Waals surface area (Å²) in [5.41, 5.74) is 8.93. The van der Waals surface area contributed by atoms with E-state index in [2.05, 4.69) is 20.3 Å². The number of hydrogen-bond donors (Lipinski definition) is 2. The van der Waals surface area contributed by atoms with E-state index in [1.54, 1.807) is 6.33 Å². The standard InChI is InChI=1S/C16H18N6OS/c1-24-16-20-14(19-11-5-2-4-10(17)8-11)13-15(21-16)22(9-18-13)12-6-3-7-23-12/h2,4-5,8-9,12H,3,6-7,17H2,1H3,(H,19,20,21). The SMILES string of the molecule is CSc1nc(Nc2cccc(N)c2)c2ncn(C3CCCO3)c2n1. The Morgan fingerprint density at radius 1 is 1.38 bits per heavy atom. The first-order chi connectivity index (χ1) is 11.7. The van der Waals surface area contributed by atoms with Crippen molar-refractivity contribution in [3.8, 4) is 0 Å². The van der Waals surface area contributed by atoms with Gasteiger partial charge in [-0.05, 0) is 37.3 Å². The van der Waals surface area contributed by atoms with Gasteiger partial charge in [0.1, 0.15) is 6.23 Å². The number of benzene rings is 1. The summed E-state index contributed by atoms with van der Waals surface area (Å²) >= 11 is 1.50. The molecule has 124 valence electrons. The van der Waals surface area contributed by atoms with E-state index in [9.17, 15) is 0 Å². The lowest BCUT2D eigenvalue weighted by molar-refractivity contribution is 0.0592. The van der Waals surface area contributed by atoms with Crippen molar-refractivity contribution >= 4 is 40.1 Å². The van der Waals surface area contributed by atoms with Crippen LogP contribution in [0.1, 0.15) is 19.1 Å². The molecule has 1 aliphatic heterocycles. The Bertz CT molecular complexity index is 874. The number of aromatic nitrogens is 4. The fraction of sp³-hybridized carbons (Fsp3) is 0.312. The summed E-state index contributed by atoms with van der Waals surface area (Å²) in [6, 6.07) is 7.56. The van der Waals surface area contributed by atoms with Gasteiger partial charge in [-0.25, -0.2) is 15.0 Å². The molecule has 1 saturated heterocycles. The van der Waals surface area contributed by atoms with Crippen molar-refractivity contribution in [3.05, 3.63) is 30.6 Å². The third-order valence-electron chi connectivity index (χ3n) is 3.95. The van der Waals surface area contributed by atoms with Gasteiger partial charge in [0.2, 0.25) is 0 Å². The number of rotatable bonds is 4. The van der Waals surface area contributed by atoms with Crippen molar-refractivity contribution < 1.29 is 4.74 Å². The van der Waals surface area contributed by atoms with E-state index in [-0.39, 0.29) is 6.23 Å². The number of nitrogens with two attached hydrogens (primary N) is 1. The van der Waals surface area contributed by atoms with Crippen LogP contribution < -0.4 is 11.1 Å². The molecule has 24 heavy (non-hydrogen) atoms. The van der Waals surface area contributed by atoms with Crippen molar-refractivity contribution in [2.45, 2.75) is 24.2 Å². The molecule has 1 fully saturated rings. The molecule has 4 rings (SSSR count). The Hall–Kier alpha value is -2.32. The second-order valence-corrected chi connectivity index (χ2v) is 6.37. The smallest absolute Gasteiger partial charge is 0.191 e. The quantitative estimate of drug-likeness (QED) is 0.427. The maximum absolute atomic E-state index is 5.85. The van der Waals surface area contributed by atoms with Crippen LogP contribution in [0.15, 0.2) is 35.7 Å². The van der Waals surface area contributed by atoms with Crippen molar-refractivity contribution in [3.63, 3.8) is 0 Å². The molecule has 3 heterocycles. The third-order valence-corrected chi connectivity index (χ3v) is 4.50. The molecule has 2 aromatic heterocycles. The molecule has 1 atom stereocenters. The van der Waals surface area contributed by atoms with Crippen LogP contribution in [0.5, 0.6) is 0 Å². The van der Waals surface area contributed by atoms with Gasteiger partial charge in [0.05, 0.1) is 6.33 Å². The van der Waals surface area contributed by atoms with Crippen LogP contribution in [0.25, 0.3) is 11.2 Å². The summed E-state index contributed by atoms with van der Waals surface area (Å²) in [7, 11) is 0. The second-order valence-electron chi connectivity index (χ2n) is 5.60. The van der Waals surface area contributed by atoms with Gasteiger partial charge < -0.3 is 15.8 Å². The van der Waals surface area contributed by atoms with E-state index in [0.717, 1.165) is 36.3 Å². The molecule has 0 amide bonds. The lowest BCUT2D eigenvalue weighted by atomic mass is 10.3. The second kappa shape index (κ2) is 6.29. The molecule has 0 saturated carbocycles. The van der Waals surface area contributed by atoms with Crippen molar-refractivity contribution in [1.29, 1.82) is 0 Å². The van der Waals surface area contributed by atoms with Gasteiger partial charge in [0, 0.05) is 18.0 Å². The molecule has 0 aliphatic carbocycles. The minimum atomic E-state index is -0.000161. The van der Waals surface area contributed by atoms with E-state index in [1.807, 2.05) is 35.1 Å². The molecule has 1 aliphatic rings. The first kappa shape index (κ1) is 15.2. The van der Waals surface area contributed by atoms with Crippen molar-refractivity contribution in [2.75, 3.05) is 23.9 Å². The molecule has 8 heteroatoms. The van der Waals surface area contributed by atoms with Crippen LogP contribution in [-0.4, -0.2) is 32.4 Å². The van der Waals surface area contributed by atoms with E-state index in [1.165, 1.54) is 11.8 Å². The van der Waals surface area contributed by atoms with Gasteiger partial charge in [-0.1, -0.05) is 17.8 Å². The molecule has 3 N–H and O–H groups in total. The number of nitrogens with zero attached hydrogens (tertiary/aromatic N) is 4. The van der Waals surface area contributed by atoms with Gasteiger partial charge in [-0.3, -0.25) is 4.57 Å². The number of fused-ring (bicyclic) bond motifs is 1. The molecule has 3 aromatic rings. The Morgan fingerprint density at radius 2 is 2.29 bits per heavy atom. The average Bonchev–Trinajstić information content (AvgIpc) is 3.23. The Balaban J connectivity index is 1.79. The molecule has 0 bridgehead atoms. The maximum atomic E-state index is 5.85. The summed E-state index contributed by atoms with van der Waals surface area (Å²) < 4.78 is 7.77. The van der Waals surface area contributed by atoms with Crippen molar-refractivity contribution in [2.24, 2.45) is 0 Å². The van der Waals surface area contributed by atoms with Crippen LogP contribution in [-0.2, 0) is 4.74 Å². The minimum absolute atomic E-state index is 0.000161. The van der Waals surface area contributed by atoms with Crippen LogP contribution in [0.2, 0.25) is 0 Å². The number of imidazole rings is 1. The summed E-state index contributed by atoms with van der Waals surface area (Å²) in [4.78, 5) is 13.7. The number of thioether (sulfide) groups is 1. The molecule has 7 nitrogen and oxygen atoms in total. The number of anilines is 3. The van der Waals surface area contributed by atoms with Crippen LogP contribution in [0.3, 0.4) is 0 Å². The monoisotopic (exact) mass is 342 g/mol. The average molecular weight is 342 g/mol. The van der Waals surface area contributed by atoms with Crippen LogP contribution >= 0.6 is 11.8 Å². The minimum Gasteiger partial charge on any atom is -0.399 e. The molecular weight excluding hydrogens is 324 g/mol. The number of ether oxygens (including phenoxy) is 1. The van der Waals surface area contributed by atoms with Gasteiger partial charge in [-0.2, -0.15) is 0 Å². The normalized spacial score (nSPS) is 17.5. The molecule has 1 aromatic carbocycles. The number of nitrogens with one attached hydrogen (secondary N) is 1. The fourth-order valence-electron chi connectivity index (χ4n) is 2.82. The van der Waals surface area contributed by atoms with Crippen LogP contribution in [0, 0.1) is 0 Å². The first-order valence-corrected chi connectivity index (χ1v) is 9.00. The summed E-state index contributed by atoms with van der Waals surface area (Å²) in [5, 5.41) is 3.99. The van der Waals surface area contributed by atoms with Gasteiger partial charge in [-0.15, -0.1) is 0 Å². The predicted molar refractivity (Wildman–Crippen MR) is 95.5 cm³/mol. The first-order valence-electron chi connectivity index (χ1n) is 7.77. The highest BCUT2D eigenvalue weighted by atomic mass is 32.2. The summed E-state index contributed by atoms with van der Waals surface area (Å²) in [6.07, 6.45) is 5.77. The number of nitrogen functional groups attached to an aromatic ring is 1. The summed E-state index contributed by atoms with van der Waals surface area (Å²) in [5.74, 6) is 0.673. The Morgan fingerprint density at radius 3 is 3.04 bits per heavy atom. The Labute approximate surface area is 143 Å². The van der Waals surface area contributed by atoms with E-state index in [0.29, 0.717) is 16.7 Å². The van der Waals surface area contributed by atoms with E-state index in [4.69, 9.17) is 10.5 Å². The molecule has 1 unspecified atom stereocenters. The van der Waals surface area contributed by atoms with E-state index < -0.39 is 0 Å². The molecule has 0 spiro atoms. The predicted octanol–water partition coefficient (Wildman–Crippen LogP) is 3.18. The lowest BCUT2D eigenvalue weighted by Crippen LogP contribution is -2.07. The lowest BCUT2D eigenvalue weighted by Gasteiger charge is -2.12. The van der Waals surface area contributed by atoms with Crippen molar-refractivity contribution in [1.82, 2.24) is 19.5 Å². The van der Waals surface area contributed by atoms with Gasteiger partial charge >= 0.3 is 0 Å². The van der Waals surface area contributed by atoms with E-state index >= 15 is 0 Å². The van der Waals surface area contributed by atoms with Crippen LogP contribution in [0.4, 0.5) is 17.2 Å². The topological polar surface area (TPSA) is 90.9 Å². The zero-order chi connectivity index (χ0) is 16.5. The number of hydrogen-bond acceptors (Lipinski definition) is 7. The maximum Gasteiger partial charge on any atom is 0.191 e. The highest BCUT2D eigenvalue weighted by Crippen LogP contribution is 2.30. The fourth-order valence-corrected chi connectivity index (χ4v) is 3.18. The highest BCUT2D eigenvalue weighted by molar-refractivity contribution is 7.98. The molecular formula is C16H18N6OS. The zero-order valence-corrected chi connectivity index (χ0v) is 14.1. The van der Waals surface area contributed by atoms with Gasteiger partial charge in [0.15, 0.2) is 22.1 Å². The summed E-state index contributed by atoms with van der Waals surface area (Å²) in [6.45, 7) is 0.777. The largest absolute Gasteiger partial charge is 0.399 e. The van der Waals surface area contributed by atoms with Gasteiger partial charge in [0.25, 0.3) is 0 Å². The molecule has 0 radical (unpaired) electrons. The zero-order valence-electron chi connectivity index (χ0n) is 13.3.